The Morgan fingerprint density at radius 3 is 2.31 bits per heavy atom. The molecule has 1 aliphatic rings. The first-order chi connectivity index (χ1) is 6.01. The smallest absolute Gasteiger partial charge is 0.0619 e. The van der Waals surface area contributed by atoms with Crippen LogP contribution in [0.15, 0.2) is 0 Å². The normalized spacial score (nSPS) is 43.4. The Hall–Kier alpha value is -0.0400. The molecular formula is C12H24O. The fraction of sp³-hybridized carbons (Fsp3) is 1.00. The highest BCUT2D eigenvalue weighted by Gasteiger charge is 2.24. The standard InChI is InChI=1S/C12H24O/c1-10-6-4-5-8-12(3,13)9-7-11(10)2/h10-11,13H,4-9H2,1-3H3. The van der Waals surface area contributed by atoms with Crippen LogP contribution in [0.1, 0.15) is 59.3 Å². The Morgan fingerprint density at radius 2 is 1.62 bits per heavy atom. The van der Waals surface area contributed by atoms with E-state index in [1.165, 1.54) is 25.7 Å². The monoisotopic (exact) mass is 184 g/mol. The minimum absolute atomic E-state index is 0.391. The van der Waals surface area contributed by atoms with Crippen molar-refractivity contribution in [3.05, 3.63) is 0 Å². The summed E-state index contributed by atoms with van der Waals surface area (Å²) in [6.45, 7) is 6.67. The molecule has 1 rings (SSSR count). The highest BCUT2D eigenvalue weighted by atomic mass is 16.3. The predicted molar refractivity (Wildman–Crippen MR) is 56.7 cm³/mol. The maximum atomic E-state index is 10.0. The van der Waals surface area contributed by atoms with E-state index in [9.17, 15) is 5.11 Å². The maximum Gasteiger partial charge on any atom is 0.0619 e. The molecule has 0 aliphatic heterocycles. The fourth-order valence-corrected chi connectivity index (χ4v) is 2.20. The summed E-state index contributed by atoms with van der Waals surface area (Å²) in [5, 5.41) is 10.0. The zero-order valence-electron chi connectivity index (χ0n) is 9.34. The molecule has 1 saturated carbocycles. The quantitative estimate of drug-likeness (QED) is 0.612. The van der Waals surface area contributed by atoms with Crippen LogP contribution in [0.4, 0.5) is 0 Å². The van der Waals surface area contributed by atoms with Crippen LogP contribution in [0, 0.1) is 11.8 Å². The van der Waals surface area contributed by atoms with E-state index >= 15 is 0 Å². The second-order valence-electron chi connectivity index (χ2n) is 5.24. The van der Waals surface area contributed by atoms with Gasteiger partial charge in [0.1, 0.15) is 0 Å². The second kappa shape index (κ2) is 4.45. The van der Waals surface area contributed by atoms with E-state index in [0.717, 1.165) is 24.7 Å². The van der Waals surface area contributed by atoms with Gasteiger partial charge >= 0.3 is 0 Å². The predicted octanol–water partition coefficient (Wildman–Crippen LogP) is 3.36. The molecule has 1 N–H and O–H groups in total. The van der Waals surface area contributed by atoms with Crippen molar-refractivity contribution in [1.29, 1.82) is 0 Å². The van der Waals surface area contributed by atoms with Crippen LogP contribution in [0.2, 0.25) is 0 Å². The summed E-state index contributed by atoms with van der Waals surface area (Å²) in [6, 6.07) is 0. The summed E-state index contributed by atoms with van der Waals surface area (Å²) in [5.41, 5.74) is -0.391. The molecule has 1 heteroatoms. The molecule has 0 spiro atoms. The molecular weight excluding hydrogens is 160 g/mol. The first kappa shape index (κ1) is 11.0. The van der Waals surface area contributed by atoms with Gasteiger partial charge in [-0.3, -0.25) is 0 Å². The molecule has 0 amide bonds. The molecule has 0 bridgehead atoms. The number of hydrogen-bond donors (Lipinski definition) is 1. The summed E-state index contributed by atoms with van der Waals surface area (Å²) in [4.78, 5) is 0. The Kier molecular flexibility index (Phi) is 3.78. The van der Waals surface area contributed by atoms with E-state index in [1.807, 2.05) is 6.92 Å². The average Bonchev–Trinajstić information content (AvgIpc) is 2.11. The molecule has 78 valence electrons. The van der Waals surface area contributed by atoms with E-state index in [4.69, 9.17) is 0 Å². The highest BCUT2D eigenvalue weighted by Crippen LogP contribution is 2.30. The van der Waals surface area contributed by atoms with Crippen LogP contribution in [-0.2, 0) is 0 Å². The van der Waals surface area contributed by atoms with Crippen molar-refractivity contribution in [3.63, 3.8) is 0 Å². The number of rotatable bonds is 0. The molecule has 0 aromatic heterocycles. The van der Waals surface area contributed by atoms with Crippen LogP contribution in [0.5, 0.6) is 0 Å². The Morgan fingerprint density at radius 1 is 1.00 bits per heavy atom. The van der Waals surface area contributed by atoms with Crippen molar-refractivity contribution in [2.45, 2.75) is 64.9 Å². The van der Waals surface area contributed by atoms with Crippen LogP contribution >= 0.6 is 0 Å². The van der Waals surface area contributed by atoms with Gasteiger partial charge in [0.05, 0.1) is 5.60 Å². The Balaban J connectivity index is 2.49. The molecule has 1 nitrogen and oxygen atoms in total. The first-order valence-electron chi connectivity index (χ1n) is 5.74. The maximum absolute atomic E-state index is 10.0. The lowest BCUT2D eigenvalue weighted by Gasteiger charge is -2.24. The van der Waals surface area contributed by atoms with Crippen molar-refractivity contribution in [1.82, 2.24) is 0 Å². The van der Waals surface area contributed by atoms with Gasteiger partial charge in [-0.25, -0.2) is 0 Å². The molecule has 13 heavy (non-hydrogen) atoms. The minimum atomic E-state index is -0.391. The van der Waals surface area contributed by atoms with Crippen molar-refractivity contribution < 1.29 is 5.11 Å². The van der Waals surface area contributed by atoms with Crippen LogP contribution < -0.4 is 0 Å². The van der Waals surface area contributed by atoms with Crippen LogP contribution in [0.3, 0.4) is 0 Å². The number of hydrogen-bond acceptors (Lipinski definition) is 1. The number of aliphatic hydroxyl groups is 1. The average molecular weight is 184 g/mol. The van der Waals surface area contributed by atoms with Crippen LogP contribution in [-0.4, -0.2) is 10.7 Å². The van der Waals surface area contributed by atoms with Gasteiger partial charge < -0.3 is 5.11 Å². The van der Waals surface area contributed by atoms with Gasteiger partial charge in [0.2, 0.25) is 0 Å². The molecule has 0 heterocycles. The molecule has 1 fully saturated rings. The molecule has 3 atom stereocenters. The molecule has 0 aromatic rings. The summed E-state index contributed by atoms with van der Waals surface area (Å²) in [6.07, 6.45) is 7.00. The van der Waals surface area contributed by atoms with Gasteiger partial charge in [0.15, 0.2) is 0 Å². The van der Waals surface area contributed by atoms with E-state index in [-0.39, 0.29) is 0 Å². The largest absolute Gasteiger partial charge is 0.390 e. The second-order valence-corrected chi connectivity index (χ2v) is 5.24. The third-order valence-electron chi connectivity index (χ3n) is 3.73. The summed E-state index contributed by atoms with van der Waals surface area (Å²) < 4.78 is 0. The van der Waals surface area contributed by atoms with Gasteiger partial charge in [-0.1, -0.05) is 33.1 Å². The van der Waals surface area contributed by atoms with Crippen molar-refractivity contribution >= 4 is 0 Å². The summed E-state index contributed by atoms with van der Waals surface area (Å²) in [7, 11) is 0. The Labute approximate surface area is 82.5 Å². The lowest BCUT2D eigenvalue weighted by molar-refractivity contribution is 0.0350. The zero-order chi connectivity index (χ0) is 9.90. The molecule has 0 aromatic carbocycles. The van der Waals surface area contributed by atoms with Crippen LogP contribution in [0.25, 0.3) is 0 Å². The Bertz CT molecular complexity index is 151. The molecule has 1 aliphatic carbocycles. The van der Waals surface area contributed by atoms with Gasteiger partial charge in [-0.2, -0.15) is 0 Å². The minimum Gasteiger partial charge on any atom is -0.390 e. The summed E-state index contributed by atoms with van der Waals surface area (Å²) in [5.74, 6) is 1.62. The van der Waals surface area contributed by atoms with E-state index in [0.29, 0.717) is 0 Å². The lowest BCUT2D eigenvalue weighted by atomic mass is 9.86. The van der Waals surface area contributed by atoms with Crippen molar-refractivity contribution in [2.75, 3.05) is 0 Å². The molecule has 0 radical (unpaired) electrons. The highest BCUT2D eigenvalue weighted by molar-refractivity contribution is 4.77. The third kappa shape index (κ3) is 3.68. The first-order valence-corrected chi connectivity index (χ1v) is 5.74. The van der Waals surface area contributed by atoms with Crippen molar-refractivity contribution in [2.24, 2.45) is 11.8 Å². The van der Waals surface area contributed by atoms with E-state index in [2.05, 4.69) is 13.8 Å². The molecule has 0 saturated heterocycles. The topological polar surface area (TPSA) is 20.2 Å². The summed E-state index contributed by atoms with van der Waals surface area (Å²) >= 11 is 0. The lowest BCUT2D eigenvalue weighted by Crippen LogP contribution is -2.24. The SMILES string of the molecule is CC1CCCCC(C)(O)CCC1C. The van der Waals surface area contributed by atoms with Gasteiger partial charge in [0.25, 0.3) is 0 Å². The van der Waals surface area contributed by atoms with Gasteiger partial charge in [-0.15, -0.1) is 0 Å². The third-order valence-corrected chi connectivity index (χ3v) is 3.73. The fourth-order valence-electron chi connectivity index (χ4n) is 2.20. The van der Waals surface area contributed by atoms with Crippen molar-refractivity contribution in [3.8, 4) is 0 Å². The zero-order valence-corrected chi connectivity index (χ0v) is 9.34. The van der Waals surface area contributed by atoms with E-state index < -0.39 is 5.60 Å². The van der Waals surface area contributed by atoms with E-state index in [1.54, 1.807) is 0 Å². The van der Waals surface area contributed by atoms with Gasteiger partial charge in [-0.05, 0) is 38.0 Å². The van der Waals surface area contributed by atoms with Gasteiger partial charge in [0, 0.05) is 0 Å². The molecule has 3 unspecified atom stereocenters.